The molecule has 1 heteroatoms. The van der Waals surface area contributed by atoms with E-state index in [2.05, 4.69) is 18.8 Å². The average molecular weight is 230 g/mol. The van der Waals surface area contributed by atoms with E-state index in [0.717, 1.165) is 18.3 Å². The molecule has 0 aromatic heterocycles. The van der Waals surface area contributed by atoms with Crippen LogP contribution in [0.5, 0.6) is 0 Å². The van der Waals surface area contributed by atoms with Gasteiger partial charge in [0, 0.05) is 5.41 Å². The lowest BCUT2D eigenvalue weighted by Crippen LogP contribution is -2.53. The average Bonchev–Trinajstić information content (AvgIpc) is 2.22. The highest BCUT2D eigenvalue weighted by Gasteiger charge is 2.58. The molecular weight excluding hydrogens is 208 g/mol. The fourth-order valence-corrected chi connectivity index (χ4v) is 5.40. The van der Waals surface area contributed by atoms with E-state index in [1.165, 1.54) is 32.1 Å². The summed E-state index contributed by atoms with van der Waals surface area (Å²) >= 11 is 0. The standard InChI is InChI=1S/C16H22O/c1-3-4-5-14(17)16-9-12-6-13(10-16)8-15(2,7-12)11-16/h12-13H,5-11H2,1-2H3. The molecule has 0 saturated heterocycles. The first-order chi connectivity index (χ1) is 8.05. The number of Topliss-reactive ketones (excluding diaryl/α,β-unsaturated/α-hetero) is 1. The Kier molecular flexibility index (Phi) is 2.41. The second-order valence-corrected chi connectivity index (χ2v) is 7.08. The predicted octanol–water partition coefficient (Wildman–Crippen LogP) is 3.58. The van der Waals surface area contributed by atoms with Crippen molar-refractivity contribution in [3.05, 3.63) is 0 Å². The molecule has 4 aliphatic rings. The summed E-state index contributed by atoms with van der Waals surface area (Å²) in [6.45, 7) is 4.24. The first kappa shape index (κ1) is 11.3. The number of rotatable bonds is 2. The lowest BCUT2D eigenvalue weighted by Gasteiger charge is -2.60. The van der Waals surface area contributed by atoms with Crippen molar-refractivity contribution in [1.82, 2.24) is 0 Å². The van der Waals surface area contributed by atoms with Crippen molar-refractivity contribution >= 4 is 5.78 Å². The molecule has 0 N–H and O–H groups in total. The Labute approximate surface area is 104 Å². The van der Waals surface area contributed by atoms with Gasteiger partial charge in [-0.15, -0.1) is 5.92 Å². The highest BCUT2D eigenvalue weighted by atomic mass is 16.1. The van der Waals surface area contributed by atoms with E-state index >= 15 is 0 Å². The van der Waals surface area contributed by atoms with Gasteiger partial charge in [0.2, 0.25) is 0 Å². The van der Waals surface area contributed by atoms with Gasteiger partial charge in [-0.05, 0) is 62.7 Å². The van der Waals surface area contributed by atoms with Gasteiger partial charge < -0.3 is 0 Å². The Morgan fingerprint density at radius 2 is 1.88 bits per heavy atom. The highest BCUT2D eigenvalue weighted by molar-refractivity contribution is 5.87. The number of carbonyl (C=O) groups is 1. The van der Waals surface area contributed by atoms with Crippen molar-refractivity contribution in [3.63, 3.8) is 0 Å². The topological polar surface area (TPSA) is 17.1 Å². The Balaban J connectivity index is 1.87. The Hall–Kier alpha value is -0.770. The maximum atomic E-state index is 12.5. The molecule has 1 nitrogen and oxygen atoms in total. The van der Waals surface area contributed by atoms with Gasteiger partial charge in [-0.25, -0.2) is 0 Å². The monoisotopic (exact) mass is 230 g/mol. The van der Waals surface area contributed by atoms with E-state index in [9.17, 15) is 4.79 Å². The van der Waals surface area contributed by atoms with Gasteiger partial charge in [-0.1, -0.05) is 12.8 Å². The lowest BCUT2D eigenvalue weighted by atomic mass is 9.43. The lowest BCUT2D eigenvalue weighted by molar-refractivity contribution is -0.151. The van der Waals surface area contributed by atoms with Crippen molar-refractivity contribution in [2.75, 3.05) is 0 Å². The fourth-order valence-electron chi connectivity index (χ4n) is 5.40. The summed E-state index contributed by atoms with van der Waals surface area (Å²) in [5, 5.41) is 0. The van der Waals surface area contributed by atoms with Gasteiger partial charge in [0.05, 0.1) is 6.42 Å². The Bertz CT molecular complexity index is 395. The molecule has 0 spiro atoms. The largest absolute Gasteiger partial charge is 0.298 e. The fraction of sp³-hybridized carbons (Fsp3) is 0.812. The summed E-state index contributed by atoms with van der Waals surface area (Å²) in [5.74, 6) is 7.97. The highest BCUT2D eigenvalue weighted by Crippen LogP contribution is 2.65. The Morgan fingerprint density at radius 3 is 2.41 bits per heavy atom. The summed E-state index contributed by atoms with van der Waals surface area (Å²) in [6.07, 6.45) is 8.12. The molecule has 0 radical (unpaired) electrons. The van der Waals surface area contributed by atoms with Crippen LogP contribution in [0.3, 0.4) is 0 Å². The molecule has 0 aliphatic heterocycles. The van der Waals surface area contributed by atoms with Crippen LogP contribution in [-0.4, -0.2) is 5.78 Å². The molecule has 2 unspecified atom stereocenters. The minimum Gasteiger partial charge on any atom is -0.298 e. The van der Waals surface area contributed by atoms with Gasteiger partial charge in [0.15, 0.2) is 5.78 Å². The van der Waals surface area contributed by atoms with Crippen LogP contribution in [0, 0.1) is 34.5 Å². The van der Waals surface area contributed by atoms with E-state index < -0.39 is 0 Å². The molecule has 4 aliphatic carbocycles. The summed E-state index contributed by atoms with van der Waals surface area (Å²) in [6, 6.07) is 0. The number of hydrogen-bond donors (Lipinski definition) is 0. The second-order valence-electron chi connectivity index (χ2n) is 7.08. The SMILES string of the molecule is CC#CCC(=O)C12CC3CC(CC(C)(C3)C1)C2. The predicted molar refractivity (Wildman–Crippen MR) is 68.3 cm³/mol. The van der Waals surface area contributed by atoms with Gasteiger partial charge in [0.1, 0.15) is 0 Å². The van der Waals surface area contributed by atoms with Crippen molar-refractivity contribution in [3.8, 4) is 11.8 Å². The van der Waals surface area contributed by atoms with E-state index in [-0.39, 0.29) is 5.41 Å². The third-order valence-corrected chi connectivity index (χ3v) is 5.37. The van der Waals surface area contributed by atoms with Gasteiger partial charge in [-0.3, -0.25) is 4.79 Å². The normalized spacial score (nSPS) is 46.5. The van der Waals surface area contributed by atoms with Crippen molar-refractivity contribution in [1.29, 1.82) is 0 Å². The van der Waals surface area contributed by atoms with Crippen LogP contribution in [0.4, 0.5) is 0 Å². The zero-order chi connectivity index (χ0) is 12.1. The molecule has 0 aromatic rings. The van der Waals surface area contributed by atoms with Crippen LogP contribution in [0.25, 0.3) is 0 Å². The molecule has 17 heavy (non-hydrogen) atoms. The first-order valence-electron chi connectivity index (χ1n) is 6.98. The van der Waals surface area contributed by atoms with E-state index in [1.807, 2.05) is 6.92 Å². The molecule has 4 fully saturated rings. The zero-order valence-corrected chi connectivity index (χ0v) is 11.0. The van der Waals surface area contributed by atoms with Gasteiger partial charge in [0.25, 0.3) is 0 Å². The van der Waals surface area contributed by atoms with E-state index in [1.54, 1.807) is 0 Å². The quantitative estimate of drug-likeness (QED) is 0.663. The minimum atomic E-state index is 0.0304. The summed E-state index contributed by atoms with van der Waals surface area (Å²) < 4.78 is 0. The molecular formula is C16H22O. The summed E-state index contributed by atoms with van der Waals surface area (Å²) in [5.41, 5.74) is 0.502. The van der Waals surface area contributed by atoms with Crippen molar-refractivity contribution in [2.24, 2.45) is 22.7 Å². The Morgan fingerprint density at radius 1 is 1.24 bits per heavy atom. The van der Waals surface area contributed by atoms with E-state index in [0.29, 0.717) is 17.6 Å². The third kappa shape index (κ3) is 1.73. The van der Waals surface area contributed by atoms with Crippen LogP contribution in [0.1, 0.15) is 58.8 Å². The van der Waals surface area contributed by atoms with Crippen LogP contribution >= 0.6 is 0 Å². The van der Waals surface area contributed by atoms with Gasteiger partial charge >= 0.3 is 0 Å². The second kappa shape index (κ2) is 3.61. The molecule has 4 saturated carbocycles. The third-order valence-electron chi connectivity index (χ3n) is 5.37. The summed E-state index contributed by atoms with van der Waals surface area (Å²) in [4.78, 5) is 12.5. The number of hydrogen-bond acceptors (Lipinski definition) is 1. The first-order valence-corrected chi connectivity index (χ1v) is 6.98. The maximum Gasteiger partial charge on any atom is 0.150 e. The molecule has 0 heterocycles. The number of ketones is 1. The van der Waals surface area contributed by atoms with Crippen LogP contribution in [-0.2, 0) is 4.79 Å². The van der Waals surface area contributed by atoms with Crippen LogP contribution < -0.4 is 0 Å². The zero-order valence-electron chi connectivity index (χ0n) is 11.0. The molecule has 92 valence electrons. The minimum absolute atomic E-state index is 0.0304. The summed E-state index contributed by atoms with van der Waals surface area (Å²) in [7, 11) is 0. The van der Waals surface area contributed by atoms with Crippen LogP contribution in [0.2, 0.25) is 0 Å². The maximum absolute atomic E-state index is 12.5. The molecule has 4 rings (SSSR count). The van der Waals surface area contributed by atoms with E-state index in [4.69, 9.17) is 0 Å². The number of carbonyl (C=O) groups excluding carboxylic acids is 1. The van der Waals surface area contributed by atoms with Crippen LogP contribution in [0.15, 0.2) is 0 Å². The van der Waals surface area contributed by atoms with Gasteiger partial charge in [-0.2, -0.15) is 0 Å². The molecule has 0 aromatic carbocycles. The molecule has 4 bridgehead atoms. The molecule has 2 atom stereocenters. The smallest absolute Gasteiger partial charge is 0.150 e. The van der Waals surface area contributed by atoms with Crippen molar-refractivity contribution in [2.45, 2.75) is 58.8 Å². The molecule has 0 amide bonds. The van der Waals surface area contributed by atoms with Crippen molar-refractivity contribution < 1.29 is 4.79 Å².